The third-order valence-electron chi connectivity index (χ3n) is 3.63. The minimum Gasteiger partial charge on any atom is -0.324 e. The molecule has 0 saturated carbocycles. The van der Waals surface area contributed by atoms with Gasteiger partial charge in [-0.3, -0.25) is 4.98 Å². The van der Waals surface area contributed by atoms with Crippen molar-refractivity contribution in [2.24, 2.45) is 5.73 Å². The van der Waals surface area contributed by atoms with Gasteiger partial charge in [-0.25, -0.2) is 4.39 Å². The Morgan fingerprint density at radius 2 is 1.95 bits per heavy atom. The molecule has 0 radical (unpaired) electrons. The molecule has 1 atom stereocenters. The summed E-state index contributed by atoms with van der Waals surface area (Å²) >= 11 is 0. The fourth-order valence-electron chi connectivity index (χ4n) is 2.24. The number of nitrogens with two attached hydrogens (primary N) is 1. The molecule has 0 bridgehead atoms. The lowest BCUT2D eigenvalue weighted by Crippen LogP contribution is -2.25. The summed E-state index contributed by atoms with van der Waals surface area (Å²) in [5, 5.41) is 0. The van der Waals surface area contributed by atoms with Crippen LogP contribution in [0.5, 0.6) is 0 Å². The van der Waals surface area contributed by atoms with E-state index in [1.54, 1.807) is 6.07 Å². The van der Waals surface area contributed by atoms with Crippen molar-refractivity contribution in [2.45, 2.75) is 18.9 Å². The number of aromatic nitrogens is 1. The average molecular weight is 287 g/mol. The van der Waals surface area contributed by atoms with Crippen LogP contribution >= 0.6 is 0 Å². The fourth-order valence-corrected chi connectivity index (χ4v) is 2.24. The second-order valence-electron chi connectivity index (χ2n) is 5.36. The molecule has 21 heavy (non-hydrogen) atoms. The van der Waals surface area contributed by atoms with E-state index in [0.717, 1.165) is 31.5 Å². The standard InChI is InChI=1S/C17H22FN3/c1-21(11-7-14-5-9-20-10-6-14)12-8-17(19)15-3-2-4-16(18)13-15/h2-6,9-10,13,17H,7-8,11-12,19H2,1H3. The van der Waals surface area contributed by atoms with Gasteiger partial charge in [-0.1, -0.05) is 12.1 Å². The molecule has 2 N–H and O–H groups in total. The van der Waals surface area contributed by atoms with Crippen molar-refractivity contribution in [3.63, 3.8) is 0 Å². The molecule has 1 aromatic carbocycles. The van der Waals surface area contributed by atoms with Gasteiger partial charge in [-0.15, -0.1) is 0 Å². The Kier molecular flexibility index (Phi) is 5.84. The first-order chi connectivity index (χ1) is 10.1. The highest BCUT2D eigenvalue weighted by atomic mass is 19.1. The summed E-state index contributed by atoms with van der Waals surface area (Å²) in [5.74, 6) is -0.228. The number of hydrogen-bond donors (Lipinski definition) is 1. The van der Waals surface area contributed by atoms with Crippen molar-refractivity contribution >= 4 is 0 Å². The van der Waals surface area contributed by atoms with E-state index >= 15 is 0 Å². The number of likely N-dealkylation sites (N-methyl/N-ethyl adjacent to an activating group) is 1. The number of pyridine rings is 1. The third kappa shape index (κ3) is 5.25. The first-order valence-electron chi connectivity index (χ1n) is 7.23. The smallest absolute Gasteiger partial charge is 0.123 e. The number of halogens is 1. The second-order valence-corrected chi connectivity index (χ2v) is 5.36. The maximum atomic E-state index is 13.2. The van der Waals surface area contributed by atoms with E-state index in [0.29, 0.717) is 0 Å². The van der Waals surface area contributed by atoms with Gasteiger partial charge in [0.15, 0.2) is 0 Å². The zero-order chi connectivity index (χ0) is 15.1. The summed E-state index contributed by atoms with van der Waals surface area (Å²) in [7, 11) is 2.08. The molecule has 0 aliphatic carbocycles. The molecule has 4 heteroatoms. The van der Waals surface area contributed by atoms with E-state index in [-0.39, 0.29) is 11.9 Å². The number of nitrogens with zero attached hydrogens (tertiary/aromatic N) is 2. The summed E-state index contributed by atoms with van der Waals surface area (Å²) in [6.45, 7) is 1.86. The maximum absolute atomic E-state index is 13.2. The normalized spacial score (nSPS) is 12.6. The van der Waals surface area contributed by atoms with Gasteiger partial charge in [-0.05, 0) is 61.8 Å². The van der Waals surface area contributed by atoms with Crippen LogP contribution in [0.25, 0.3) is 0 Å². The minimum atomic E-state index is -0.228. The van der Waals surface area contributed by atoms with Crippen LogP contribution in [-0.4, -0.2) is 30.0 Å². The lowest BCUT2D eigenvalue weighted by molar-refractivity contribution is 0.322. The van der Waals surface area contributed by atoms with Crippen LogP contribution in [0.3, 0.4) is 0 Å². The van der Waals surface area contributed by atoms with Gasteiger partial charge in [0, 0.05) is 25.0 Å². The summed E-state index contributed by atoms with van der Waals surface area (Å²) in [5.41, 5.74) is 8.26. The molecule has 1 unspecified atom stereocenters. The van der Waals surface area contributed by atoms with Crippen molar-refractivity contribution in [1.82, 2.24) is 9.88 Å². The molecule has 1 aromatic heterocycles. The Bertz CT molecular complexity index is 545. The largest absolute Gasteiger partial charge is 0.324 e. The second kappa shape index (κ2) is 7.86. The summed E-state index contributed by atoms with van der Waals surface area (Å²) in [6.07, 6.45) is 5.44. The van der Waals surface area contributed by atoms with Crippen LogP contribution in [0.1, 0.15) is 23.6 Å². The monoisotopic (exact) mass is 287 g/mol. The quantitative estimate of drug-likeness (QED) is 0.851. The number of hydrogen-bond acceptors (Lipinski definition) is 3. The molecule has 0 aliphatic rings. The topological polar surface area (TPSA) is 42.2 Å². The van der Waals surface area contributed by atoms with Crippen molar-refractivity contribution in [3.05, 3.63) is 65.7 Å². The molecule has 0 saturated heterocycles. The molecule has 0 amide bonds. The highest BCUT2D eigenvalue weighted by Gasteiger charge is 2.08. The fraction of sp³-hybridized carbons (Fsp3) is 0.353. The summed E-state index contributed by atoms with van der Waals surface area (Å²) in [6, 6.07) is 10.5. The van der Waals surface area contributed by atoms with Crippen LogP contribution in [0.15, 0.2) is 48.8 Å². The first kappa shape index (κ1) is 15.6. The zero-order valence-corrected chi connectivity index (χ0v) is 12.4. The Morgan fingerprint density at radius 1 is 1.19 bits per heavy atom. The van der Waals surface area contributed by atoms with E-state index in [4.69, 9.17) is 5.73 Å². The van der Waals surface area contributed by atoms with Gasteiger partial charge in [0.05, 0.1) is 0 Å². The molecule has 112 valence electrons. The highest BCUT2D eigenvalue weighted by Crippen LogP contribution is 2.15. The average Bonchev–Trinajstić information content (AvgIpc) is 2.51. The molecule has 0 spiro atoms. The van der Waals surface area contributed by atoms with Crippen LogP contribution in [-0.2, 0) is 6.42 Å². The number of benzene rings is 1. The minimum absolute atomic E-state index is 0.121. The van der Waals surface area contributed by atoms with Crippen LogP contribution in [0, 0.1) is 5.82 Å². The molecule has 3 nitrogen and oxygen atoms in total. The van der Waals surface area contributed by atoms with Crippen molar-refractivity contribution < 1.29 is 4.39 Å². The van der Waals surface area contributed by atoms with E-state index in [1.807, 2.05) is 30.6 Å². The number of rotatable bonds is 7. The van der Waals surface area contributed by atoms with Gasteiger partial charge in [0.1, 0.15) is 5.82 Å². The molecule has 2 rings (SSSR count). The predicted molar refractivity (Wildman–Crippen MR) is 83.4 cm³/mol. The first-order valence-corrected chi connectivity index (χ1v) is 7.23. The van der Waals surface area contributed by atoms with Crippen LogP contribution < -0.4 is 5.73 Å². The Hall–Kier alpha value is -1.78. The van der Waals surface area contributed by atoms with Gasteiger partial charge in [0.2, 0.25) is 0 Å². The van der Waals surface area contributed by atoms with E-state index in [1.165, 1.54) is 17.7 Å². The van der Waals surface area contributed by atoms with Gasteiger partial charge < -0.3 is 10.6 Å². The third-order valence-corrected chi connectivity index (χ3v) is 3.63. The van der Waals surface area contributed by atoms with Gasteiger partial charge in [-0.2, -0.15) is 0 Å². The predicted octanol–water partition coefficient (Wildman–Crippen LogP) is 2.79. The van der Waals surface area contributed by atoms with Crippen molar-refractivity contribution in [3.8, 4) is 0 Å². The molecule has 1 heterocycles. The molecular weight excluding hydrogens is 265 g/mol. The zero-order valence-electron chi connectivity index (χ0n) is 12.4. The van der Waals surface area contributed by atoms with Crippen LogP contribution in [0.2, 0.25) is 0 Å². The van der Waals surface area contributed by atoms with Crippen molar-refractivity contribution in [1.29, 1.82) is 0 Å². The maximum Gasteiger partial charge on any atom is 0.123 e. The van der Waals surface area contributed by atoms with Gasteiger partial charge in [0.25, 0.3) is 0 Å². The Labute approximate surface area is 125 Å². The highest BCUT2D eigenvalue weighted by molar-refractivity contribution is 5.19. The summed E-state index contributed by atoms with van der Waals surface area (Å²) < 4.78 is 13.2. The Balaban J connectivity index is 1.74. The molecule has 0 fully saturated rings. The van der Waals surface area contributed by atoms with E-state index < -0.39 is 0 Å². The molecule has 2 aromatic rings. The van der Waals surface area contributed by atoms with Crippen LogP contribution in [0.4, 0.5) is 4.39 Å². The lowest BCUT2D eigenvalue weighted by atomic mass is 10.0. The lowest BCUT2D eigenvalue weighted by Gasteiger charge is -2.19. The van der Waals surface area contributed by atoms with Crippen molar-refractivity contribution in [2.75, 3.05) is 20.1 Å². The molecule has 0 aliphatic heterocycles. The molecular formula is C17H22FN3. The summed E-state index contributed by atoms with van der Waals surface area (Å²) in [4.78, 5) is 6.26. The Morgan fingerprint density at radius 3 is 2.67 bits per heavy atom. The van der Waals surface area contributed by atoms with Gasteiger partial charge >= 0.3 is 0 Å². The van der Waals surface area contributed by atoms with E-state index in [9.17, 15) is 4.39 Å². The van der Waals surface area contributed by atoms with E-state index in [2.05, 4.69) is 16.9 Å². The SMILES string of the molecule is CN(CCc1ccncc1)CCC(N)c1cccc(F)c1.